The maximum atomic E-state index is 12.8. The number of rotatable bonds is 5. The first-order chi connectivity index (χ1) is 15.8. The zero-order chi connectivity index (χ0) is 23.2. The van der Waals surface area contributed by atoms with Crippen LogP contribution in [0.5, 0.6) is 0 Å². The highest BCUT2D eigenvalue weighted by molar-refractivity contribution is 5.94. The Morgan fingerprint density at radius 3 is 2.97 bits per heavy atom. The summed E-state index contributed by atoms with van der Waals surface area (Å²) in [6, 6.07) is 7.37. The fourth-order valence-corrected chi connectivity index (χ4v) is 5.46. The van der Waals surface area contributed by atoms with Crippen LogP contribution in [0.1, 0.15) is 54.7 Å². The van der Waals surface area contributed by atoms with Crippen molar-refractivity contribution >= 4 is 11.7 Å². The molecule has 0 radical (unpaired) electrons. The Hall–Kier alpha value is -2.96. The molecule has 2 aromatic rings. The van der Waals surface area contributed by atoms with E-state index in [1.807, 2.05) is 19.9 Å². The van der Waals surface area contributed by atoms with E-state index in [4.69, 9.17) is 4.98 Å². The maximum absolute atomic E-state index is 12.8. The van der Waals surface area contributed by atoms with E-state index in [-0.39, 0.29) is 23.4 Å². The van der Waals surface area contributed by atoms with Crippen LogP contribution in [0.3, 0.4) is 0 Å². The summed E-state index contributed by atoms with van der Waals surface area (Å²) in [6.45, 7) is 8.30. The van der Waals surface area contributed by atoms with Crippen LogP contribution in [0.2, 0.25) is 0 Å². The van der Waals surface area contributed by atoms with E-state index in [1.165, 1.54) is 0 Å². The number of fused-ring (bicyclic) bond motifs is 1. The summed E-state index contributed by atoms with van der Waals surface area (Å²) in [7, 11) is 0. The molecular weight excluding hydrogens is 416 g/mol. The molecule has 0 aromatic carbocycles. The van der Waals surface area contributed by atoms with Gasteiger partial charge in [-0.1, -0.05) is 6.07 Å². The average Bonchev–Trinajstić information content (AvgIpc) is 3.57. The molecule has 3 fully saturated rings. The Kier molecular flexibility index (Phi) is 5.59. The van der Waals surface area contributed by atoms with Crippen LogP contribution in [0.25, 0.3) is 0 Å². The minimum atomic E-state index is -0.303. The summed E-state index contributed by atoms with van der Waals surface area (Å²) >= 11 is 0. The van der Waals surface area contributed by atoms with Gasteiger partial charge < -0.3 is 10.2 Å². The van der Waals surface area contributed by atoms with Crippen molar-refractivity contribution in [1.82, 2.24) is 30.9 Å². The molecule has 9 nitrogen and oxygen atoms in total. The SMILES string of the molecule is Cc1nc(N2CCC(C)(C#N)C2)ccc1Cn1cc(C(=O)N[C@@H]2CCC3C(C)NNC32)cn1. The summed E-state index contributed by atoms with van der Waals surface area (Å²) in [5.41, 5.74) is 8.90. The third-order valence-corrected chi connectivity index (χ3v) is 7.62. The largest absolute Gasteiger partial charge is 0.355 e. The molecule has 0 bridgehead atoms. The number of hydrogen-bond donors (Lipinski definition) is 3. The van der Waals surface area contributed by atoms with Gasteiger partial charge in [-0.15, -0.1) is 0 Å². The lowest BCUT2D eigenvalue weighted by Crippen LogP contribution is -2.47. The topological polar surface area (TPSA) is 111 Å². The van der Waals surface area contributed by atoms with E-state index in [2.05, 4.69) is 45.2 Å². The molecule has 1 amide bonds. The number of carbonyl (C=O) groups is 1. The number of aryl methyl sites for hydroxylation is 1. The van der Waals surface area contributed by atoms with Crippen LogP contribution < -0.4 is 21.1 Å². The van der Waals surface area contributed by atoms with Crippen LogP contribution in [0, 0.1) is 29.6 Å². The summed E-state index contributed by atoms with van der Waals surface area (Å²) in [5.74, 6) is 1.40. The van der Waals surface area contributed by atoms with Crippen LogP contribution in [0.15, 0.2) is 24.5 Å². The van der Waals surface area contributed by atoms with Gasteiger partial charge in [-0.25, -0.2) is 4.98 Å². The number of pyridine rings is 1. The molecule has 174 valence electrons. The van der Waals surface area contributed by atoms with E-state index < -0.39 is 0 Å². The second-order valence-electron chi connectivity index (χ2n) is 10.1. The fourth-order valence-electron chi connectivity index (χ4n) is 5.46. The van der Waals surface area contributed by atoms with Crippen molar-refractivity contribution in [3.05, 3.63) is 41.3 Å². The van der Waals surface area contributed by atoms with Gasteiger partial charge in [0.2, 0.25) is 0 Å². The lowest BCUT2D eigenvalue weighted by atomic mass is 9.92. The summed E-state index contributed by atoms with van der Waals surface area (Å²) < 4.78 is 1.79. The number of hydrogen-bond acceptors (Lipinski definition) is 7. The predicted octanol–water partition coefficient (Wildman–Crippen LogP) is 1.75. The molecule has 1 saturated carbocycles. The summed E-state index contributed by atoms with van der Waals surface area (Å²) in [5, 5.41) is 17.0. The standard InChI is InChI=1S/C24H32N8O/c1-15-17(4-7-21(27-15)31-9-8-24(3,13-25)14-31)11-32-12-18(10-26-32)23(33)28-20-6-5-19-16(2)29-30-22(19)20/h4,7,10,12,16,19-20,22,29-30H,5-6,8-9,11,14H2,1-3H3,(H,28,33)/t16?,19?,20-,22?,24?/m1/s1. The molecule has 4 unspecified atom stereocenters. The van der Waals surface area contributed by atoms with Crippen LogP contribution >= 0.6 is 0 Å². The third-order valence-electron chi connectivity index (χ3n) is 7.62. The quantitative estimate of drug-likeness (QED) is 0.639. The van der Waals surface area contributed by atoms with Gasteiger partial charge in [-0.2, -0.15) is 10.4 Å². The van der Waals surface area contributed by atoms with Crippen molar-refractivity contribution in [3.63, 3.8) is 0 Å². The Bertz CT molecular complexity index is 1090. The molecule has 0 spiro atoms. The molecule has 33 heavy (non-hydrogen) atoms. The molecule has 1 aliphatic carbocycles. The Morgan fingerprint density at radius 2 is 2.21 bits per heavy atom. The van der Waals surface area contributed by atoms with Crippen molar-refractivity contribution in [2.75, 3.05) is 18.0 Å². The molecule has 2 aromatic heterocycles. The molecule has 3 aliphatic rings. The minimum absolute atomic E-state index is 0.0759. The zero-order valence-electron chi connectivity index (χ0n) is 19.5. The lowest BCUT2D eigenvalue weighted by Gasteiger charge is -2.20. The van der Waals surface area contributed by atoms with Gasteiger partial charge in [0.15, 0.2) is 0 Å². The van der Waals surface area contributed by atoms with E-state index >= 15 is 0 Å². The van der Waals surface area contributed by atoms with Crippen molar-refractivity contribution in [3.8, 4) is 6.07 Å². The average molecular weight is 449 g/mol. The summed E-state index contributed by atoms with van der Waals surface area (Å²) in [4.78, 5) is 19.8. The van der Waals surface area contributed by atoms with Gasteiger partial charge >= 0.3 is 0 Å². The number of nitriles is 1. The molecule has 2 aliphatic heterocycles. The number of carbonyl (C=O) groups excluding carboxylic acids is 1. The first-order valence-corrected chi connectivity index (χ1v) is 11.8. The Labute approximate surface area is 194 Å². The number of anilines is 1. The third kappa shape index (κ3) is 4.21. The molecule has 5 atom stereocenters. The van der Waals surface area contributed by atoms with Crippen molar-refractivity contribution in [2.24, 2.45) is 11.3 Å². The van der Waals surface area contributed by atoms with E-state index in [0.717, 1.165) is 42.9 Å². The van der Waals surface area contributed by atoms with Gasteiger partial charge in [0.25, 0.3) is 5.91 Å². The summed E-state index contributed by atoms with van der Waals surface area (Å²) in [6.07, 6.45) is 6.41. The zero-order valence-corrected chi connectivity index (χ0v) is 19.5. The Morgan fingerprint density at radius 1 is 1.36 bits per heavy atom. The van der Waals surface area contributed by atoms with E-state index in [0.29, 0.717) is 30.6 Å². The highest BCUT2D eigenvalue weighted by Crippen LogP contribution is 2.33. The maximum Gasteiger partial charge on any atom is 0.254 e. The molecule has 3 N–H and O–H groups in total. The van der Waals surface area contributed by atoms with Crippen molar-refractivity contribution < 1.29 is 4.79 Å². The lowest BCUT2D eigenvalue weighted by molar-refractivity contribution is 0.0931. The molecular formula is C24H32N8O. The number of amides is 1. The predicted molar refractivity (Wildman–Crippen MR) is 124 cm³/mol. The second kappa shape index (κ2) is 8.43. The van der Waals surface area contributed by atoms with Gasteiger partial charge in [-0.3, -0.25) is 20.3 Å². The van der Waals surface area contributed by atoms with Crippen molar-refractivity contribution in [2.45, 2.75) is 64.7 Å². The first-order valence-electron chi connectivity index (χ1n) is 11.8. The smallest absolute Gasteiger partial charge is 0.254 e. The molecule has 9 heteroatoms. The fraction of sp³-hybridized carbons (Fsp3) is 0.583. The Balaban J connectivity index is 1.21. The normalized spacial score (nSPS) is 30.9. The monoisotopic (exact) mass is 448 g/mol. The minimum Gasteiger partial charge on any atom is -0.355 e. The van der Waals surface area contributed by atoms with E-state index in [1.54, 1.807) is 17.1 Å². The van der Waals surface area contributed by atoms with Crippen LogP contribution in [0.4, 0.5) is 5.82 Å². The highest BCUT2D eigenvalue weighted by atomic mass is 16.1. The van der Waals surface area contributed by atoms with Gasteiger partial charge in [0.1, 0.15) is 5.82 Å². The second-order valence-corrected chi connectivity index (χ2v) is 10.1. The molecule has 2 saturated heterocycles. The van der Waals surface area contributed by atoms with Crippen molar-refractivity contribution in [1.29, 1.82) is 5.26 Å². The van der Waals surface area contributed by atoms with Gasteiger partial charge in [0, 0.05) is 43.1 Å². The number of aromatic nitrogens is 3. The van der Waals surface area contributed by atoms with Gasteiger partial charge in [0.05, 0.1) is 29.8 Å². The number of nitrogens with zero attached hydrogens (tertiary/aromatic N) is 5. The van der Waals surface area contributed by atoms with E-state index in [9.17, 15) is 10.1 Å². The highest BCUT2D eigenvalue weighted by Gasteiger charge is 2.43. The molecule has 5 rings (SSSR count). The number of hydrazine groups is 1. The molecule has 4 heterocycles. The number of nitrogens with one attached hydrogen (secondary N) is 3. The first kappa shape index (κ1) is 21.9. The van der Waals surface area contributed by atoms with Crippen LogP contribution in [-0.4, -0.2) is 51.9 Å². The van der Waals surface area contributed by atoms with Crippen LogP contribution in [-0.2, 0) is 6.54 Å². The van der Waals surface area contributed by atoms with Gasteiger partial charge in [-0.05, 0) is 57.6 Å².